The van der Waals surface area contributed by atoms with Gasteiger partial charge in [0.25, 0.3) is 5.91 Å². The van der Waals surface area contributed by atoms with Gasteiger partial charge in [-0.05, 0) is 6.07 Å². The van der Waals surface area contributed by atoms with E-state index in [1.54, 1.807) is 24.3 Å². The molecule has 1 fully saturated rings. The van der Waals surface area contributed by atoms with Gasteiger partial charge >= 0.3 is 0 Å². The highest BCUT2D eigenvalue weighted by Crippen LogP contribution is 2.14. The summed E-state index contributed by atoms with van der Waals surface area (Å²) < 4.78 is 10.9. The second kappa shape index (κ2) is 6.02. The fourth-order valence-electron chi connectivity index (χ4n) is 2.14. The highest BCUT2D eigenvalue weighted by Gasteiger charge is 2.21. The van der Waals surface area contributed by atoms with E-state index >= 15 is 0 Å². The molecule has 1 aromatic rings. The SMILES string of the molecule is CCc1occc1C(=O)N(C)CC1CNCCO1. The summed E-state index contributed by atoms with van der Waals surface area (Å²) in [5.41, 5.74) is 0.656. The molecule has 5 heteroatoms. The van der Waals surface area contributed by atoms with Crippen LogP contribution < -0.4 is 5.32 Å². The number of carbonyl (C=O) groups excluding carboxylic acids is 1. The van der Waals surface area contributed by atoms with Gasteiger partial charge in [0, 0.05) is 33.1 Å². The number of carbonyl (C=O) groups is 1. The van der Waals surface area contributed by atoms with E-state index in [2.05, 4.69) is 5.32 Å². The summed E-state index contributed by atoms with van der Waals surface area (Å²) in [5, 5.41) is 3.25. The molecule has 1 N–H and O–H groups in total. The van der Waals surface area contributed by atoms with Crippen molar-refractivity contribution in [2.45, 2.75) is 19.4 Å². The Labute approximate surface area is 107 Å². The molecule has 0 radical (unpaired) electrons. The van der Waals surface area contributed by atoms with E-state index in [1.807, 2.05) is 6.92 Å². The monoisotopic (exact) mass is 252 g/mol. The van der Waals surface area contributed by atoms with Crippen molar-refractivity contribution in [1.29, 1.82) is 0 Å². The maximum atomic E-state index is 12.2. The Bertz CT molecular complexity index is 397. The zero-order chi connectivity index (χ0) is 13.0. The van der Waals surface area contributed by atoms with Crippen molar-refractivity contribution in [3.63, 3.8) is 0 Å². The summed E-state index contributed by atoms with van der Waals surface area (Å²) in [4.78, 5) is 13.9. The highest BCUT2D eigenvalue weighted by molar-refractivity contribution is 5.95. The molecule has 1 aliphatic heterocycles. The second-order valence-electron chi connectivity index (χ2n) is 4.49. The lowest BCUT2D eigenvalue weighted by molar-refractivity contribution is 0.0103. The fourth-order valence-corrected chi connectivity index (χ4v) is 2.14. The molecule has 0 aliphatic carbocycles. The molecule has 0 aromatic carbocycles. The van der Waals surface area contributed by atoms with Gasteiger partial charge in [0.2, 0.25) is 0 Å². The molecule has 100 valence electrons. The largest absolute Gasteiger partial charge is 0.469 e. The molecule has 1 amide bonds. The Morgan fingerprint density at radius 2 is 2.44 bits per heavy atom. The topological polar surface area (TPSA) is 54.7 Å². The van der Waals surface area contributed by atoms with Crippen molar-refractivity contribution in [3.8, 4) is 0 Å². The van der Waals surface area contributed by atoms with Crippen LogP contribution in [0.5, 0.6) is 0 Å². The molecule has 1 unspecified atom stereocenters. The summed E-state index contributed by atoms with van der Waals surface area (Å²) in [5.74, 6) is 0.740. The molecule has 2 heterocycles. The lowest BCUT2D eigenvalue weighted by Crippen LogP contribution is -2.45. The third kappa shape index (κ3) is 2.91. The summed E-state index contributed by atoms with van der Waals surface area (Å²) in [6.45, 7) is 4.96. The van der Waals surface area contributed by atoms with Gasteiger partial charge in [-0.1, -0.05) is 6.92 Å². The first-order valence-electron chi connectivity index (χ1n) is 6.36. The van der Waals surface area contributed by atoms with Crippen LogP contribution in [0.2, 0.25) is 0 Å². The lowest BCUT2D eigenvalue weighted by Gasteiger charge is -2.28. The lowest BCUT2D eigenvalue weighted by atomic mass is 10.2. The van der Waals surface area contributed by atoms with E-state index in [0.717, 1.165) is 25.3 Å². The van der Waals surface area contributed by atoms with Crippen molar-refractivity contribution in [2.75, 3.05) is 33.3 Å². The first kappa shape index (κ1) is 13.1. The Morgan fingerprint density at radius 3 is 3.11 bits per heavy atom. The third-order valence-corrected chi connectivity index (χ3v) is 3.13. The summed E-state index contributed by atoms with van der Waals surface area (Å²) >= 11 is 0. The first-order chi connectivity index (χ1) is 8.72. The average molecular weight is 252 g/mol. The summed E-state index contributed by atoms with van der Waals surface area (Å²) in [6, 6.07) is 1.73. The minimum atomic E-state index is -0.00484. The standard InChI is InChI=1S/C13H20N2O3/c1-3-12-11(4-6-18-12)13(16)15(2)9-10-8-14-5-7-17-10/h4,6,10,14H,3,5,7-9H2,1-2H3. The zero-order valence-corrected chi connectivity index (χ0v) is 10.9. The number of ether oxygens (including phenoxy) is 1. The van der Waals surface area contributed by atoms with E-state index < -0.39 is 0 Å². The molecule has 1 saturated heterocycles. The van der Waals surface area contributed by atoms with Crippen LogP contribution in [0.15, 0.2) is 16.7 Å². The Balaban J connectivity index is 1.95. The minimum Gasteiger partial charge on any atom is -0.469 e. The van der Waals surface area contributed by atoms with Crippen LogP contribution in [0.25, 0.3) is 0 Å². The number of morpholine rings is 1. The zero-order valence-electron chi connectivity index (χ0n) is 10.9. The van der Waals surface area contributed by atoms with E-state index in [4.69, 9.17) is 9.15 Å². The van der Waals surface area contributed by atoms with E-state index in [-0.39, 0.29) is 12.0 Å². The number of nitrogens with one attached hydrogen (secondary N) is 1. The van der Waals surface area contributed by atoms with Crippen LogP contribution in [0, 0.1) is 0 Å². The first-order valence-corrected chi connectivity index (χ1v) is 6.36. The molecule has 0 bridgehead atoms. The quantitative estimate of drug-likeness (QED) is 0.865. The molecule has 1 aromatic heterocycles. The fraction of sp³-hybridized carbons (Fsp3) is 0.615. The van der Waals surface area contributed by atoms with Gasteiger partial charge in [0.05, 0.1) is 24.5 Å². The molecular weight excluding hydrogens is 232 g/mol. The van der Waals surface area contributed by atoms with Crippen molar-refractivity contribution in [2.24, 2.45) is 0 Å². The van der Waals surface area contributed by atoms with Crippen LogP contribution >= 0.6 is 0 Å². The van der Waals surface area contributed by atoms with Crippen LogP contribution in [-0.2, 0) is 11.2 Å². The van der Waals surface area contributed by atoms with Gasteiger partial charge < -0.3 is 19.4 Å². The van der Waals surface area contributed by atoms with E-state index in [0.29, 0.717) is 18.7 Å². The van der Waals surface area contributed by atoms with Crippen molar-refractivity contribution in [3.05, 3.63) is 23.7 Å². The summed E-state index contributed by atoms with van der Waals surface area (Å²) in [6.07, 6.45) is 2.37. The van der Waals surface area contributed by atoms with Crippen molar-refractivity contribution < 1.29 is 13.9 Å². The molecule has 2 rings (SSSR count). The Kier molecular flexibility index (Phi) is 4.38. The van der Waals surface area contributed by atoms with Gasteiger partial charge in [-0.2, -0.15) is 0 Å². The number of hydrogen-bond donors (Lipinski definition) is 1. The van der Waals surface area contributed by atoms with Crippen LogP contribution in [0.4, 0.5) is 0 Å². The molecule has 0 spiro atoms. The van der Waals surface area contributed by atoms with Gasteiger partial charge in [-0.25, -0.2) is 0 Å². The molecule has 18 heavy (non-hydrogen) atoms. The smallest absolute Gasteiger partial charge is 0.257 e. The van der Waals surface area contributed by atoms with Crippen LogP contribution in [0.1, 0.15) is 23.0 Å². The number of rotatable bonds is 4. The van der Waals surface area contributed by atoms with Crippen molar-refractivity contribution >= 4 is 5.91 Å². The van der Waals surface area contributed by atoms with Crippen LogP contribution in [-0.4, -0.2) is 50.2 Å². The predicted octanol–water partition coefficient (Wildman–Crippen LogP) is 0.902. The van der Waals surface area contributed by atoms with Gasteiger partial charge in [0.1, 0.15) is 5.76 Å². The number of hydrogen-bond acceptors (Lipinski definition) is 4. The van der Waals surface area contributed by atoms with Gasteiger partial charge in [-0.3, -0.25) is 4.79 Å². The van der Waals surface area contributed by atoms with E-state index in [9.17, 15) is 4.79 Å². The Hall–Kier alpha value is -1.33. The molecular formula is C13H20N2O3. The molecule has 5 nitrogen and oxygen atoms in total. The number of likely N-dealkylation sites (N-methyl/N-ethyl adjacent to an activating group) is 1. The number of aryl methyl sites for hydroxylation is 1. The maximum absolute atomic E-state index is 12.2. The molecule has 1 atom stereocenters. The normalized spacial score (nSPS) is 19.8. The number of nitrogens with zero attached hydrogens (tertiary/aromatic N) is 1. The van der Waals surface area contributed by atoms with E-state index in [1.165, 1.54) is 0 Å². The van der Waals surface area contributed by atoms with Crippen molar-refractivity contribution in [1.82, 2.24) is 10.2 Å². The van der Waals surface area contributed by atoms with Crippen LogP contribution in [0.3, 0.4) is 0 Å². The van der Waals surface area contributed by atoms with Gasteiger partial charge in [-0.15, -0.1) is 0 Å². The maximum Gasteiger partial charge on any atom is 0.257 e. The predicted molar refractivity (Wildman–Crippen MR) is 67.7 cm³/mol. The summed E-state index contributed by atoms with van der Waals surface area (Å²) in [7, 11) is 1.80. The minimum absolute atomic E-state index is 0.00484. The average Bonchev–Trinajstić information content (AvgIpc) is 2.87. The second-order valence-corrected chi connectivity index (χ2v) is 4.49. The van der Waals surface area contributed by atoms with Gasteiger partial charge in [0.15, 0.2) is 0 Å². The Morgan fingerprint density at radius 1 is 1.61 bits per heavy atom. The number of furan rings is 1. The molecule has 0 saturated carbocycles. The number of amides is 1. The third-order valence-electron chi connectivity index (χ3n) is 3.13. The molecule has 1 aliphatic rings. The highest BCUT2D eigenvalue weighted by atomic mass is 16.5.